The van der Waals surface area contributed by atoms with E-state index in [1.54, 1.807) is 36.7 Å². The summed E-state index contributed by atoms with van der Waals surface area (Å²) in [6, 6.07) is 11.4. The summed E-state index contributed by atoms with van der Waals surface area (Å²) in [7, 11) is 0. The van der Waals surface area contributed by atoms with E-state index in [0.29, 0.717) is 25.8 Å². The number of carbonyl (C=O) groups is 1. The standard InChI is InChI=1S/C22H17BrCl2FN5O2/c1-13-9-14(5-6-17(13)24)33-12-30-8-7-20(28-30)22(32)27-21-16(23)11-31(29-21)10-15-18(25)3-2-4-19(15)26/h2-9,11H,10,12H2,1H3,(H,27,29,32). The fourth-order valence-corrected chi connectivity index (χ4v) is 3.74. The zero-order chi connectivity index (χ0) is 23.5. The normalized spacial score (nSPS) is 10.9. The van der Waals surface area contributed by atoms with Crippen molar-refractivity contribution in [2.75, 3.05) is 5.32 Å². The number of nitrogens with zero attached hydrogens (tertiary/aromatic N) is 4. The third kappa shape index (κ3) is 5.55. The summed E-state index contributed by atoms with van der Waals surface area (Å²) in [5, 5.41) is 12.2. The molecule has 2 aromatic carbocycles. The fourth-order valence-electron chi connectivity index (χ4n) is 2.98. The van der Waals surface area contributed by atoms with Crippen LogP contribution in [0.15, 0.2) is 59.3 Å². The summed E-state index contributed by atoms with van der Waals surface area (Å²) < 4.78 is 23.2. The maximum absolute atomic E-state index is 14.1. The van der Waals surface area contributed by atoms with Crippen LogP contribution in [0.25, 0.3) is 0 Å². The van der Waals surface area contributed by atoms with Gasteiger partial charge in [-0.15, -0.1) is 0 Å². The Morgan fingerprint density at radius 2 is 1.97 bits per heavy atom. The molecule has 33 heavy (non-hydrogen) atoms. The van der Waals surface area contributed by atoms with Crippen LogP contribution in [0, 0.1) is 12.7 Å². The first-order valence-electron chi connectivity index (χ1n) is 9.70. The SMILES string of the molecule is Cc1cc(OCn2ccc(C(=O)Nc3nn(Cc4c(F)cccc4Cl)cc3Br)n2)ccc1Cl. The van der Waals surface area contributed by atoms with Crippen molar-refractivity contribution in [3.63, 3.8) is 0 Å². The van der Waals surface area contributed by atoms with Crippen molar-refractivity contribution in [2.45, 2.75) is 20.2 Å². The number of nitrogens with one attached hydrogen (secondary N) is 1. The molecular weight excluding hydrogens is 536 g/mol. The van der Waals surface area contributed by atoms with Crippen molar-refractivity contribution < 1.29 is 13.9 Å². The minimum absolute atomic E-state index is 0.107. The molecule has 0 saturated heterocycles. The van der Waals surface area contributed by atoms with E-state index in [-0.39, 0.29) is 24.8 Å². The van der Waals surface area contributed by atoms with E-state index >= 15 is 0 Å². The third-order valence-electron chi connectivity index (χ3n) is 4.70. The molecule has 1 N–H and O–H groups in total. The Bertz CT molecular complexity index is 1300. The van der Waals surface area contributed by atoms with Gasteiger partial charge in [-0.1, -0.05) is 29.3 Å². The minimum Gasteiger partial charge on any atom is -0.471 e. The minimum atomic E-state index is -0.453. The number of rotatable bonds is 7. The topological polar surface area (TPSA) is 74.0 Å². The van der Waals surface area contributed by atoms with Gasteiger partial charge in [0.2, 0.25) is 0 Å². The van der Waals surface area contributed by atoms with Gasteiger partial charge in [0.05, 0.1) is 11.0 Å². The smallest absolute Gasteiger partial charge is 0.277 e. The molecule has 2 aromatic heterocycles. The highest BCUT2D eigenvalue weighted by Gasteiger charge is 2.16. The Labute approximate surface area is 207 Å². The molecule has 7 nitrogen and oxygen atoms in total. The van der Waals surface area contributed by atoms with E-state index in [2.05, 4.69) is 31.4 Å². The van der Waals surface area contributed by atoms with Crippen LogP contribution in [0.2, 0.25) is 10.0 Å². The van der Waals surface area contributed by atoms with Gasteiger partial charge in [0.25, 0.3) is 5.91 Å². The zero-order valence-corrected chi connectivity index (χ0v) is 20.3. The Hall–Kier alpha value is -2.88. The maximum atomic E-state index is 14.1. The lowest BCUT2D eigenvalue weighted by Crippen LogP contribution is -2.15. The van der Waals surface area contributed by atoms with Crippen molar-refractivity contribution in [1.82, 2.24) is 19.6 Å². The number of hydrogen-bond acceptors (Lipinski definition) is 4. The van der Waals surface area contributed by atoms with Crippen LogP contribution < -0.4 is 10.1 Å². The molecular formula is C22H17BrCl2FN5O2. The first-order valence-corrected chi connectivity index (χ1v) is 11.2. The average Bonchev–Trinajstić information content (AvgIpc) is 3.38. The summed E-state index contributed by atoms with van der Waals surface area (Å²) >= 11 is 15.5. The monoisotopic (exact) mass is 551 g/mol. The number of anilines is 1. The molecule has 0 bridgehead atoms. The molecule has 4 rings (SSSR count). The Morgan fingerprint density at radius 1 is 1.15 bits per heavy atom. The van der Waals surface area contributed by atoms with E-state index < -0.39 is 11.7 Å². The van der Waals surface area contributed by atoms with Crippen LogP contribution in [0.3, 0.4) is 0 Å². The predicted molar refractivity (Wildman–Crippen MR) is 127 cm³/mol. The summed E-state index contributed by atoms with van der Waals surface area (Å²) in [6.45, 7) is 2.11. The third-order valence-corrected chi connectivity index (χ3v) is 6.06. The number of hydrogen-bond donors (Lipinski definition) is 1. The number of aryl methyl sites for hydroxylation is 1. The quantitative estimate of drug-likeness (QED) is 0.308. The lowest BCUT2D eigenvalue weighted by atomic mass is 10.2. The van der Waals surface area contributed by atoms with E-state index in [4.69, 9.17) is 27.9 Å². The molecule has 0 aliphatic rings. The highest BCUT2D eigenvalue weighted by molar-refractivity contribution is 9.10. The molecule has 0 unspecified atom stereocenters. The second-order valence-corrected chi connectivity index (χ2v) is 8.77. The van der Waals surface area contributed by atoms with E-state index in [0.717, 1.165) is 5.56 Å². The Morgan fingerprint density at radius 3 is 2.73 bits per heavy atom. The van der Waals surface area contributed by atoms with Gasteiger partial charge in [-0.25, -0.2) is 9.07 Å². The van der Waals surface area contributed by atoms with Crippen molar-refractivity contribution in [2.24, 2.45) is 0 Å². The van der Waals surface area contributed by atoms with Crippen LogP contribution >= 0.6 is 39.1 Å². The lowest BCUT2D eigenvalue weighted by molar-refractivity contribution is 0.101. The fraction of sp³-hybridized carbons (Fsp3) is 0.136. The van der Waals surface area contributed by atoms with E-state index in [9.17, 15) is 9.18 Å². The van der Waals surface area contributed by atoms with E-state index in [1.165, 1.54) is 21.5 Å². The molecule has 2 heterocycles. The van der Waals surface area contributed by atoms with E-state index in [1.807, 2.05) is 13.0 Å². The van der Waals surface area contributed by atoms with Crippen LogP contribution in [-0.2, 0) is 13.3 Å². The predicted octanol–water partition coefficient (Wildman–Crippen LogP) is 5.93. The first kappa shape index (κ1) is 23.3. The molecule has 0 aliphatic heterocycles. The molecule has 11 heteroatoms. The summed E-state index contributed by atoms with van der Waals surface area (Å²) in [6.07, 6.45) is 3.25. The van der Waals surface area contributed by atoms with Gasteiger partial charge < -0.3 is 10.1 Å². The van der Waals surface area contributed by atoms with Gasteiger partial charge in [-0.3, -0.25) is 9.48 Å². The number of benzene rings is 2. The Balaban J connectivity index is 1.39. The second kappa shape index (κ2) is 9.94. The average molecular weight is 553 g/mol. The molecule has 170 valence electrons. The number of carbonyl (C=O) groups excluding carboxylic acids is 1. The van der Waals surface area contributed by atoms with Gasteiger partial charge in [-0.05, 0) is 64.8 Å². The molecule has 0 aliphatic carbocycles. The van der Waals surface area contributed by atoms with Crippen molar-refractivity contribution in [1.29, 1.82) is 0 Å². The van der Waals surface area contributed by atoms with Gasteiger partial charge in [0, 0.05) is 28.0 Å². The number of amides is 1. The highest BCUT2D eigenvalue weighted by atomic mass is 79.9. The van der Waals surface area contributed by atoms with Gasteiger partial charge in [-0.2, -0.15) is 10.2 Å². The summed E-state index contributed by atoms with van der Waals surface area (Å²) in [4.78, 5) is 12.6. The number of halogens is 4. The van der Waals surface area contributed by atoms with Crippen LogP contribution in [0.1, 0.15) is 21.6 Å². The zero-order valence-electron chi connectivity index (χ0n) is 17.2. The lowest BCUT2D eigenvalue weighted by Gasteiger charge is -2.07. The molecule has 1 amide bonds. The maximum Gasteiger partial charge on any atom is 0.277 e. The second-order valence-electron chi connectivity index (χ2n) is 7.10. The van der Waals surface area contributed by atoms with Gasteiger partial charge in [0.15, 0.2) is 18.2 Å². The van der Waals surface area contributed by atoms with Crippen molar-refractivity contribution in [3.05, 3.63) is 92.0 Å². The molecule has 0 atom stereocenters. The largest absolute Gasteiger partial charge is 0.471 e. The van der Waals surface area contributed by atoms with Gasteiger partial charge >= 0.3 is 0 Å². The number of ether oxygens (including phenoxy) is 1. The molecule has 0 fully saturated rings. The van der Waals surface area contributed by atoms with Crippen LogP contribution in [0.5, 0.6) is 5.75 Å². The van der Waals surface area contributed by atoms with Crippen LogP contribution in [-0.4, -0.2) is 25.5 Å². The number of aromatic nitrogens is 4. The molecule has 0 radical (unpaired) electrons. The van der Waals surface area contributed by atoms with Crippen LogP contribution in [0.4, 0.5) is 10.2 Å². The van der Waals surface area contributed by atoms with Crippen molar-refractivity contribution >= 4 is 50.9 Å². The van der Waals surface area contributed by atoms with Crippen molar-refractivity contribution in [3.8, 4) is 5.75 Å². The highest BCUT2D eigenvalue weighted by Crippen LogP contribution is 2.25. The molecule has 0 saturated carbocycles. The Kier molecular flexibility index (Phi) is 7.02. The first-order chi connectivity index (χ1) is 15.8. The molecule has 0 spiro atoms. The van der Waals surface area contributed by atoms with Gasteiger partial charge in [0.1, 0.15) is 11.6 Å². The summed E-state index contributed by atoms with van der Waals surface area (Å²) in [5.41, 5.74) is 1.39. The molecule has 4 aromatic rings. The summed E-state index contributed by atoms with van der Waals surface area (Å²) in [5.74, 6) is 0.0323.